The molecule has 0 spiro atoms. The van der Waals surface area contributed by atoms with Crippen LogP contribution >= 0.6 is 0 Å². The first-order valence-electron chi connectivity index (χ1n) is 8.59. The van der Waals surface area contributed by atoms with E-state index in [0.717, 1.165) is 11.3 Å². The number of hydrogen-bond donors (Lipinski definition) is 1. The summed E-state index contributed by atoms with van der Waals surface area (Å²) in [7, 11) is 4.72. The van der Waals surface area contributed by atoms with E-state index in [1.807, 2.05) is 24.3 Å². The van der Waals surface area contributed by atoms with Gasteiger partial charge in [0.2, 0.25) is 5.91 Å². The first-order valence-corrected chi connectivity index (χ1v) is 8.59. The zero-order chi connectivity index (χ0) is 20.4. The van der Waals surface area contributed by atoms with Crippen LogP contribution in [-0.2, 0) is 20.9 Å². The Hall–Kier alpha value is -3.19. The van der Waals surface area contributed by atoms with Crippen molar-refractivity contribution in [1.29, 1.82) is 0 Å². The van der Waals surface area contributed by atoms with Crippen molar-refractivity contribution >= 4 is 11.6 Å². The maximum atomic E-state index is 11.6. The second kappa shape index (κ2) is 10.8. The molecular formula is C21H25NO6. The van der Waals surface area contributed by atoms with Crippen LogP contribution in [0.1, 0.15) is 18.1 Å². The molecule has 2 aromatic rings. The molecule has 28 heavy (non-hydrogen) atoms. The molecule has 2 aromatic carbocycles. The smallest absolute Gasteiger partial charge is 0.221 e. The van der Waals surface area contributed by atoms with Crippen LogP contribution in [-0.4, -0.2) is 34.0 Å². The van der Waals surface area contributed by atoms with Crippen LogP contribution in [0.5, 0.6) is 17.2 Å². The molecule has 2 rings (SSSR count). The molecule has 0 bridgehead atoms. The maximum Gasteiger partial charge on any atom is 0.221 e. The fraction of sp³-hybridized carbons (Fsp3) is 0.286. The molecule has 7 heteroatoms. The van der Waals surface area contributed by atoms with Gasteiger partial charge in [0.05, 0.1) is 19.9 Å². The molecule has 0 saturated carbocycles. The Morgan fingerprint density at radius 3 is 2.29 bits per heavy atom. The number of ether oxygens (including phenoxy) is 5. The Bertz CT molecular complexity index is 801. The van der Waals surface area contributed by atoms with Crippen LogP contribution in [0.2, 0.25) is 0 Å². The monoisotopic (exact) mass is 387 g/mol. The van der Waals surface area contributed by atoms with E-state index in [0.29, 0.717) is 29.4 Å². The first kappa shape index (κ1) is 21.1. The summed E-state index contributed by atoms with van der Waals surface area (Å²) < 4.78 is 26.7. The van der Waals surface area contributed by atoms with Gasteiger partial charge in [0, 0.05) is 25.7 Å². The van der Waals surface area contributed by atoms with Gasteiger partial charge in [-0.2, -0.15) is 0 Å². The third-order valence-electron chi connectivity index (χ3n) is 3.73. The highest BCUT2D eigenvalue weighted by Crippen LogP contribution is 2.30. The van der Waals surface area contributed by atoms with E-state index in [4.69, 9.17) is 23.7 Å². The first-order chi connectivity index (χ1) is 13.6. The van der Waals surface area contributed by atoms with Gasteiger partial charge in [-0.05, 0) is 29.8 Å². The molecule has 0 aliphatic carbocycles. The number of carbonyl (C=O) groups excluding carboxylic acids is 1. The van der Waals surface area contributed by atoms with Gasteiger partial charge in [0.1, 0.15) is 30.1 Å². The van der Waals surface area contributed by atoms with E-state index < -0.39 is 0 Å². The summed E-state index contributed by atoms with van der Waals surface area (Å²) in [5.74, 6) is 1.71. The molecule has 0 aliphatic rings. The Morgan fingerprint density at radius 2 is 1.68 bits per heavy atom. The van der Waals surface area contributed by atoms with Gasteiger partial charge >= 0.3 is 0 Å². The highest BCUT2D eigenvalue weighted by molar-refractivity contribution is 5.86. The van der Waals surface area contributed by atoms with Gasteiger partial charge in [-0.15, -0.1) is 0 Å². The molecule has 0 fully saturated rings. The Balaban J connectivity index is 2.29. The van der Waals surface area contributed by atoms with Crippen LogP contribution in [0.15, 0.2) is 48.7 Å². The molecule has 0 aliphatic heterocycles. The summed E-state index contributed by atoms with van der Waals surface area (Å²) in [6.07, 6.45) is 1.42. The molecule has 0 unspecified atom stereocenters. The average molecular weight is 387 g/mol. The zero-order valence-corrected chi connectivity index (χ0v) is 16.5. The van der Waals surface area contributed by atoms with Crippen LogP contribution in [0.4, 0.5) is 0 Å². The number of hydrogen-bond acceptors (Lipinski definition) is 6. The summed E-state index contributed by atoms with van der Waals surface area (Å²) in [5.41, 5.74) is 2.08. The molecule has 0 radical (unpaired) electrons. The lowest BCUT2D eigenvalue weighted by molar-refractivity contribution is -0.117. The Morgan fingerprint density at radius 1 is 1.00 bits per heavy atom. The third kappa shape index (κ3) is 6.21. The average Bonchev–Trinajstić information content (AvgIpc) is 2.71. The summed E-state index contributed by atoms with van der Waals surface area (Å²) in [4.78, 5) is 11.6. The van der Waals surface area contributed by atoms with Gasteiger partial charge < -0.3 is 29.0 Å². The van der Waals surface area contributed by atoms with Crippen molar-refractivity contribution in [2.75, 3.05) is 28.1 Å². The highest BCUT2D eigenvalue weighted by Gasteiger charge is 2.13. The predicted octanol–water partition coefficient (Wildman–Crippen LogP) is 3.34. The number of carbonyl (C=O) groups is 1. The SMILES string of the molecule is COCO/C=C(\NC(C)=O)c1ccc(OC)cc1OCc1ccc(OC)cc1. The molecule has 0 atom stereocenters. The van der Waals surface area contributed by atoms with Crippen molar-refractivity contribution in [2.45, 2.75) is 13.5 Å². The number of benzene rings is 2. The van der Waals surface area contributed by atoms with Gasteiger partial charge in [-0.3, -0.25) is 4.79 Å². The van der Waals surface area contributed by atoms with Crippen molar-refractivity contribution in [3.8, 4) is 17.2 Å². The summed E-state index contributed by atoms with van der Waals surface area (Å²) >= 11 is 0. The van der Waals surface area contributed by atoms with E-state index in [1.165, 1.54) is 20.3 Å². The van der Waals surface area contributed by atoms with E-state index >= 15 is 0 Å². The lowest BCUT2D eigenvalue weighted by Crippen LogP contribution is -2.19. The Kier molecular flexibility index (Phi) is 8.17. The second-order valence-electron chi connectivity index (χ2n) is 5.78. The predicted molar refractivity (Wildman–Crippen MR) is 105 cm³/mol. The molecule has 0 aromatic heterocycles. The molecule has 150 valence electrons. The Labute approximate surface area is 164 Å². The number of nitrogens with one attached hydrogen (secondary N) is 1. The van der Waals surface area contributed by atoms with Crippen LogP contribution < -0.4 is 19.5 Å². The summed E-state index contributed by atoms with van der Waals surface area (Å²) in [6.45, 7) is 1.81. The maximum absolute atomic E-state index is 11.6. The largest absolute Gasteiger partial charge is 0.497 e. The summed E-state index contributed by atoms with van der Waals surface area (Å²) in [5, 5.41) is 2.75. The van der Waals surface area contributed by atoms with Crippen LogP contribution in [0.3, 0.4) is 0 Å². The van der Waals surface area contributed by atoms with E-state index in [1.54, 1.807) is 32.4 Å². The van der Waals surface area contributed by atoms with Crippen LogP contribution in [0.25, 0.3) is 5.70 Å². The minimum atomic E-state index is -0.232. The minimum absolute atomic E-state index is 0.0568. The lowest BCUT2D eigenvalue weighted by atomic mass is 10.1. The zero-order valence-electron chi connectivity index (χ0n) is 16.5. The number of methoxy groups -OCH3 is 3. The second-order valence-corrected chi connectivity index (χ2v) is 5.78. The van der Waals surface area contributed by atoms with Crippen molar-refractivity contribution < 1.29 is 28.5 Å². The van der Waals surface area contributed by atoms with Gasteiger partial charge in [0.25, 0.3) is 0 Å². The number of amides is 1. The van der Waals surface area contributed by atoms with Gasteiger partial charge in [0.15, 0.2) is 6.79 Å². The quantitative estimate of drug-likeness (QED) is 0.383. The molecule has 1 amide bonds. The molecular weight excluding hydrogens is 362 g/mol. The molecule has 7 nitrogen and oxygen atoms in total. The number of rotatable bonds is 10. The molecule has 1 N–H and O–H groups in total. The third-order valence-corrected chi connectivity index (χ3v) is 3.73. The van der Waals surface area contributed by atoms with Crippen LogP contribution in [0, 0.1) is 0 Å². The van der Waals surface area contributed by atoms with Crippen molar-refractivity contribution in [3.63, 3.8) is 0 Å². The van der Waals surface area contributed by atoms with E-state index in [9.17, 15) is 4.79 Å². The lowest BCUT2D eigenvalue weighted by Gasteiger charge is -2.16. The topological polar surface area (TPSA) is 75.3 Å². The van der Waals surface area contributed by atoms with Crippen molar-refractivity contribution in [1.82, 2.24) is 5.32 Å². The highest BCUT2D eigenvalue weighted by atomic mass is 16.7. The van der Waals surface area contributed by atoms with E-state index in [-0.39, 0.29) is 12.7 Å². The van der Waals surface area contributed by atoms with E-state index in [2.05, 4.69) is 5.32 Å². The fourth-order valence-electron chi connectivity index (χ4n) is 2.39. The fourth-order valence-corrected chi connectivity index (χ4v) is 2.39. The molecule has 0 heterocycles. The minimum Gasteiger partial charge on any atom is -0.497 e. The molecule has 0 saturated heterocycles. The summed E-state index contributed by atoms with van der Waals surface area (Å²) in [6, 6.07) is 12.9. The standard InChI is InChI=1S/C21H25NO6/c1-15(23)22-20(13-27-14-24-2)19-10-9-18(26-4)11-21(19)28-12-16-5-7-17(25-3)8-6-16/h5-11,13H,12,14H2,1-4H3,(H,22,23)/b20-13-. The van der Waals surface area contributed by atoms with Crippen molar-refractivity contribution in [2.24, 2.45) is 0 Å². The van der Waals surface area contributed by atoms with Crippen molar-refractivity contribution in [3.05, 3.63) is 59.9 Å². The normalized spacial score (nSPS) is 10.9. The van der Waals surface area contributed by atoms with Gasteiger partial charge in [-0.25, -0.2) is 0 Å². The van der Waals surface area contributed by atoms with Gasteiger partial charge in [-0.1, -0.05) is 12.1 Å².